The first-order valence-electron chi connectivity index (χ1n) is 6.96. The lowest BCUT2D eigenvalue weighted by Crippen LogP contribution is -2.18. The molecule has 2 unspecified atom stereocenters. The van der Waals surface area contributed by atoms with Crippen LogP contribution in [0.15, 0.2) is 53.4 Å². The van der Waals surface area contributed by atoms with E-state index < -0.39 is 10.8 Å². The van der Waals surface area contributed by atoms with E-state index in [1.165, 1.54) is 5.56 Å². The third-order valence-corrected chi connectivity index (χ3v) is 5.15. The van der Waals surface area contributed by atoms with E-state index in [1.807, 2.05) is 12.1 Å². The van der Waals surface area contributed by atoms with Gasteiger partial charge in [-0.2, -0.15) is 0 Å². The van der Waals surface area contributed by atoms with Crippen LogP contribution in [-0.2, 0) is 10.8 Å². The van der Waals surface area contributed by atoms with E-state index in [2.05, 4.69) is 26.0 Å². The molecule has 4 heteroatoms. The molecule has 2 aromatic carbocycles. The lowest BCUT2D eigenvalue weighted by molar-refractivity contribution is 0.675. The minimum absolute atomic E-state index is 0.234. The number of rotatable bonds is 5. The zero-order chi connectivity index (χ0) is 15.4. The van der Waals surface area contributed by atoms with Crippen LogP contribution in [0, 0.1) is 0 Å². The van der Waals surface area contributed by atoms with Crippen molar-refractivity contribution < 1.29 is 4.21 Å². The molecule has 21 heavy (non-hydrogen) atoms. The lowest BCUT2D eigenvalue weighted by atomic mass is 10.00. The maximum atomic E-state index is 12.3. The summed E-state index contributed by atoms with van der Waals surface area (Å²) in [6.07, 6.45) is 0. The molecule has 0 aliphatic heterocycles. The van der Waals surface area contributed by atoms with Crippen LogP contribution < -0.4 is 5.73 Å². The molecular formula is C17H20ClNOS. The quantitative estimate of drug-likeness (QED) is 0.893. The van der Waals surface area contributed by atoms with Gasteiger partial charge in [-0.15, -0.1) is 0 Å². The smallest absolute Gasteiger partial charge is 0.0548 e. The Hall–Kier alpha value is -1.16. The average Bonchev–Trinajstić information content (AvgIpc) is 2.47. The maximum Gasteiger partial charge on any atom is 0.0548 e. The Morgan fingerprint density at radius 3 is 2.05 bits per heavy atom. The van der Waals surface area contributed by atoms with Crippen molar-refractivity contribution in [2.45, 2.75) is 30.7 Å². The minimum atomic E-state index is -1.12. The molecule has 0 radical (unpaired) electrons. The fraction of sp³-hybridized carbons (Fsp3) is 0.294. The van der Waals surface area contributed by atoms with Gasteiger partial charge in [-0.05, 0) is 41.3 Å². The van der Waals surface area contributed by atoms with E-state index in [0.29, 0.717) is 16.7 Å². The van der Waals surface area contributed by atoms with Crippen molar-refractivity contribution in [3.05, 3.63) is 64.7 Å². The molecule has 0 spiro atoms. The molecular weight excluding hydrogens is 302 g/mol. The lowest BCUT2D eigenvalue weighted by Gasteiger charge is -2.13. The van der Waals surface area contributed by atoms with Gasteiger partial charge in [-0.25, -0.2) is 0 Å². The van der Waals surface area contributed by atoms with Gasteiger partial charge in [0, 0.05) is 21.7 Å². The number of nitrogens with two attached hydrogens (primary N) is 1. The van der Waals surface area contributed by atoms with Gasteiger partial charge in [0.05, 0.1) is 10.8 Å². The van der Waals surface area contributed by atoms with Crippen LogP contribution in [0.3, 0.4) is 0 Å². The van der Waals surface area contributed by atoms with Gasteiger partial charge in [-0.1, -0.05) is 49.7 Å². The van der Waals surface area contributed by atoms with Crippen LogP contribution in [0.4, 0.5) is 0 Å². The molecule has 0 saturated heterocycles. The van der Waals surface area contributed by atoms with Gasteiger partial charge < -0.3 is 5.73 Å². The molecule has 2 aromatic rings. The second-order valence-corrected chi connectivity index (χ2v) is 7.33. The average molecular weight is 322 g/mol. The summed E-state index contributed by atoms with van der Waals surface area (Å²) in [6, 6.07) is 15.1. The molecule has 2 N–H and O–H groups in total. The van der Waals surface area contributed by atoms with E-state index in [0.717, 1.165) is 10.5 Å². The highest BCUT2D eigenvalue weighted by atomic mass is 35.5. The first-order chi connectivity index (χ1) is 9.97. The van der Waals surface area contributed by atoms with Crippen molar-refractivity contribution in [1.29, 1.82) is 0 Å². The minimum Gasteiger partial charge on any atom is -0.323 e. The summed E-state index contributed by atoms with van der Waals surface area (Å²) in [7, 11) is -1.12. The van der Waals surface area contributed by atoms with E-state index in [1.54, 1.807) is 24.3 Å². The Labute approximate surface area is 133 Å². The van der Waals surface area contributed by atoms with Gasteiger partial charge in [0.1, 0.15) is 0 Å². The predicted octanol–water partition coefficient (Wildman–Crippen LogP) is 4.27. The summed E-state index contributed by atoms with van der Waals surface area (Å²) >= 11 is 5.83. The van der Waals surface area contributed by atoms with E-state index in [4.69, 9.17) is 17.3 Å². The van der Waals surface area contributed by atoms with Gasteiger partial charge in [0.2, 0.25) is 0 Å². The van der Waals surface area contributed by atoms with E-state index >= 15 is 0 Å². The van der Waals surface area contributed by atoms with Crippen molar-refractivity contribution in [1.82, 2.24) is 0 Å². The third-order valence-electron chi connectivity index (χ3n) is 3.44. The molecule has 0 aromatic heterocycles. The topological polar surface area (TPSA) is 43.1 Å². The second kappa shape index (κ2) is 7.21. The molecule has 0 aliphatic carbocycles. The van der Waals surface area contributed by atoms with Crippen LogP contribution in [0.25, 0.3) is 0 Å². The van der Waals surface area contributed by atoms with Gasteiger partial charge in [0.15, 0.2) is 0 Å². The zero-order valence-corrected chi connectivity index (χ0v) is 13.8. The van der Waals surface area contributed by atoms with Crippen LogP contribution in [0.2, 0.25) is 5.02 Å². The van der Waals surface area contributed by atoms with Crippen LogP contribution in [-0.4, -0.2) is 9.96 Å². The summed E-state index contributed by atoms with van der Waals surface area (Å²) in [4.78, 5) is 0.758. The van der Waals surface area contributed by atoms with Crippen molar-refractivity contribution in [3.8, 4) is 0 Å². The number of benzene rings is 2. The first kappa shape index (κ1) is 16.2. The Bertz CT molecular complexity index is 608. The largest absolute Gasteiger partial charge is 0.323 e. The van der Waals surface area contributed by atoms with Crippen molar-refractivity contribution in [2.75, 3.05) is 5.75 Å². The molecule has 2 atom stereocenters. The fourth-order valence-corrected chi connectivity index (χ4v) is 3.35. The molecule has 112 valence electrons. The van der Waals surface area contributed by atoms with Crippen molar-refractivity contribution in [2.24, 2.45) is 5.73 Å². The summed E-state index contributed by atoms with van der Waals surface area (Å²) in [5, 5.41) is 0.643. The Morgan fingerprint density at radius 2 is 1.52 bits per heavy atom. The monoisotopic (exact) mass is 321 g/mol. The second-order valence-electron chi connectivity index (χ2n) is 5.39. The molecule has 0 fully saturated rings. The molecule has 0 bridgehead atoms. The molecule has 0 amide bonds. The number of hydrogen-bond donors (Lipinski definition) is 1. The third kappa shape index (κ3) is 4.40. The normalized spacial score (nSPS) is 14.1. The molecule has 2 nitrogen and oxygen atoms in total. The van der Waals surface area contributed by atoms with Crippen LogP contribution in [0.5, 0.6) is 0 Å². The summed E-state index contributed by atoms with van der Waals surface area (Å²) in [6.45, 7) is 4.31. The van der Waals surface area contributed by atoms with Crippen molar-refractivity contribution in [3.63, 3.8) is 0 Å². The van der Waals surface area contributed by atoms with E-state index in [-0.39, 0.29) is 6.04 Å². The van der Waals surface area contributed by atoms with Gasteiger partial charge in [-0.3, -0.25) is 4.21 Å². The summed E-state index contributed by atoms with van der Waals surface area (Å²) in [5.74, 6) is 0.904. The molecule has 0 heterocycles. The molecule has 2 rings (SSSR count). The van der Waals surface area contributed by atoms with E-state index in [9.17, 15) is 4.21 Å². The van der Waals surface area contributed by atoms with Gasteiger partial charge >= 0.3 is 0 Å². The standard InChI is InChI=1S/C17H20ClNOS/c1-12(2)13-3-5-14(6-4-13)17(19)11-21(20)16-9-7-15(18)8-10-16/h3-10,12,17H,11,19H2,1-2H3. The number of halogens is 1. The van der Waals surface area contributed by atoms with Gasteiger partial charge in [0.25, 0.3) is 0 Å². The Morgan fingerprint density at radius 1 is 1.00 bits per heavy atom. The predicted molar refractivity (Wildman–Crippen MR) is 90.2 cm³/mol. The SMILES string of the molecule is CC(C)c1ccc(C(N)CS(=O)c2ccc(Cl)cc2)cc1. The fourth-order valence-electron chi connectivity index (χ4n) is 2.07. The van der Waals surface area contributed by atoms with Crippen LogP contribution >= 0.6 is 11.6 Å². The highest BCUT2D eigenvalue weighted by Gasteiger charge is 2.12. The zero-order valence-electron chi connectivity index (χ0n) is 12.3. The highest BCUT2D eigenvalue weighted by molar-refractivity contribution is 7.85. The summed E-state index contributed by atoms with van der Waals surface area (Å²) < 4.78 is 12.3. The Kier molecular flexibility index (Phi) is 5.57. The summed E-state index contributed by atoms with van der Waals surface area (Å²) in [5.41, 5.74) is 8.47. The number of hydrogen-bond acceptors (Lipinski definition) is 2. The first-order valence-corrected chi connectivity index (χ1v) is 8.66. The molecule has 0 saturated carbocycles. The van der Waals surface area contributed by atoms with Crippen molar-refractivity contribution >= 4 is 22.4 Å². The Balaban J connectivity index is 2.05. The maximum absolute atomic E-state index is 12.3. The highest BCUT2D eigenvalue weighted by Crippen LogP contribution is 2.20. The molecule has 0 aliphatic rings. The van der Waals surface area contributed by atoms with Crippen LogP contribution in [0.1, 0.15) is 36.9 Å².